The van der Waals surface area contributed by atoms with Crippen molar-refractivity contribution in [1.29, 1.82) is 0 Å². The lowest BCUT2D eigenvalue weighted by molar-refractivity contribution is -0.117. The highest BCUT2D eigenvalue weighted by molar-refractivity contribution is 5.93. The third-order valence-electron chi connectivity index (χ3n) is 3.89. The van der Waals surface area contributed by atoms with E-state index in [0.717, 1.165) is 5.56 Å². The Morgan fingerprint density at radius 2 is 1.83 bits per heavy atom. The molecule has 0 heterocycles. The zero-order valence-corrected chi connectivity index (χ0v) is 14.1. The molecule has 0 spiro atoms. The number of ether oxygens (including phenoxy) is 1. The van der Waals surface area contributed by atoms with Gasteiger partial charge in [-0.25, -0.2) is 0 Å². The minimum Gasteiger partial charge on any atom is -0.495 e. The molecule has 128 valence electrons. The van der Waals surface area contributed by atoms with E-state index in [9.17, 15) is 9.90 Å². The molecule has 0 aliphatic heterocycles. The first-order valence-electron chi connectivity index (χ1n) is 7.94. The third kappa shape index (κ3) is 4.81. The Morgan fingerprint density at radius 1 is 1.17 bits per heavy atom. The predicted octanol–water partition coefficient (Wildman–Crippen LogP) is 2.69. The number of benzene rings is 2. The highest BCUT2D eigenvalue weighted by Crippen LogP contribution is 2.24. The summed E-state index contributed by atoms with van der Waals surface area (Å²) in [6, 6.07) is 17.2. The molecule has 1 unspecified atom stereocenters. The minimum absolute atomic E-state index is 0.0142. The molecule has 0 fully saturated rings. The van der Waals surface area contributed by atoms with E-state index in [1.165, 1.54) is 0 Å². The molecular weight excluding hydrogens is 304 g/mol. The van der Waals surface area contributed by atoms with Gasteiger partial charge in [-0.2, -0.15) is 0 Å². The van der Waals surface area contributed by atoms with E-state index in [2.05, 4.69) is 5.32 Å². The molecule has 5 heteroatoms. The highest BCUT2D eigenvalue weighted by Gasteiger charge is 2.19. The van der Waals surface area contributed by atoms with Gasteiger partial charge in [-0.3, -0.25) is 9.69 Å². The van der Waals surface area contributed by atoms with Crippen LogP contribution in [0.1, 0.15) is 18.0 Å². The van der Waals surface area contributed by atoms with Crippen molar-refractivity contribution in [3.63, 3.8) is 0 Å². The van der Waals surface area contributed by atoms with E-state index < -0.39 is 0 Å². The molecule has 5 nitrogen and oxygen atoms in total. The number of aliphatic hydroxyl groups excluding tert-OH is 1. The third-order valence-corrected chi connectivity index (χ3v) is 3.89. The number of nitrogens with one attached hydrogen (secondary N) is 1. The van der Waals surface area contributed by atoms with Crippen molar-refractivity contribution in [3.05, 3.63) is 60.2 Å². The van der Waals surface area contributed by atoms with E-state index in [0.29, 0.717) is 17.9 Å². The monoisotopic (exact) mass is 328 g/mol. The fourth-order valence-corrected chi connectivity index (χ4v) is 2.71. The summed E-state index contributed by atoms with van der Waals surface area (Å²) < 4.78 is 5.25. The molecule has 0 aliphatic rings. The van der Waals surface area contributed by atoms with Crippen LogP contribution >= 0.6 is 0 Å². The van der Waals surface area contributed by atoms with Crippen molar-refractivity contribution in [3.8, 4) is 5.75 Å². The summed E-state index contributed by atoms with van der Waals surface area (Å²) in [7, 11) is 3.46. The molecule has 0 saturated heterocycles. The zero-order valence-electron chi connectivity index (χ0n) is 14.1. The lowest BCUT2D eigenvalue weighted by atomic mass is 10.0. The minimum atomic E-state index is -0.124. The topological polar surface area (TPSA) is 61.8 Å². The molecule has 0 aromatic heterocycles. The number of hydrogen-bond acceptors (Lipinski definition) is 4. The van der Waals surface area contributed by atoms with Gasteiger partial charge in [0.15, 0.2) is 0 Å². The molecule has 2 aromatic rings. The van der Waals surface area contributed by atoms with E-state index in [1.54, 1.807) is 19.2 Å². The predicted molar refractivity (Wildman–Crippen MR) is 95.1 cm³/mol. The van der Waals surface area contributed by atoms with Gasteiger partial charge in [-0.15, -0.1) is 0 Å². The first-order valence-corrected chi connectivity index (χ1v) is 7.94. The van der Waals surface area contributed by atoms with E-state index in [1.807, 2.05) is 54.4 Å². The maximum atomic E-state index is 12.4. The van der Waals surface area contributed by atoms with E-state index >= 15 is 0 Å². The van der Waals surface area contributed by atoms with Crippen LogP contribution in [0, 0.1) is 0 Å². The van der Waals surface area contributed by atoms with Gasteiger partial charge in [-0.1, -0.05) is 42.5 Å². The Morgan fingerprint density at radius 3 is 2.50 bits per heavy atom. The number of aliphatic hydroxyl groups is 1. The summed E-state index contributed by atoms with van der Waals surface area (Å²) in [4.78, 5) is 14.3. The average molecular weight is 328 g/mol. The molecule has 2 aromatic carbocycles. The van der Waals surface area contributed by atoms with Crippen molar-refractivity contribution in [1.82, 2.24) is 4.90 Å². The van der Waals surface area contributed by atoms with Gasteiger partial charge in [0.1, 0.15) is 5.75 Å². The summed E-state index contributed by atoms with van der Waals surface area (Å²) in [6.07, 6.45) is 0.572. The van der Waals surface area contributed by atoms with Crippen molar-refractivity contribution >= 4 is 11.6 Å². The van der Waals surface area contributed by atoms with Crippen LogP contribution in [0.15, 0.2) is 54.6 Å². The Hall–Kier alpha value is -2.37. The van der Waals surface area contributed by atoms with Crippen LogP contribution in [0.5, 0.6) is 5.75 Å². The van der Waals surface area contributed by atoms with Crippen LogP contribution in [0.2, 0.25) is 0 Å². The van der Waals surface area contributed by atoms with E-state index in [4.69, 9.17) is 4.74 Å². The smallest absolute Gasteiger partial charge is 0.238 e. The van der Waals surface area contributed by atoms with Gasteiger partial charge in [0, 0.05) is 12.6 Å². The van der Waals surface area contributed by atoms with Gasteiger partial charge < -0.3 is 15.2 Å². The van der Waals surface area contributed by atoms with Gasteiger partial charge in [0.25, 0.3) is 0 Å². The van der Waals surface area contributed by atoms with Crippen LogP contribution in [0.4, 0.5) is 5.69 Å². The van der Waals surface area contributed by atoms with Crippen LogP contribution < -0.4 is 10.1 Å². The summed E-state index contributed by atoms with van der Waals surface area (Å²) in [5.74, 6) is 0.504. The highest BCUT2D eigenvalue weighted by atomic mass is 16.5. The number of rotatable bonds is 8. The molecular formula is C19H24N2O3. The Labute approximate surface area is 142 Å². The van der Waals surface area contributed by atoms with Gasteiger partial charge in [0.2, 0.25) is 5.91 Å². The van der Waals surface area contributed by atoms with Gasteiger partial charge in [-0.05, 0) is 31.2 Å². The second-order valence-corrected chi connectivity index (χ2v) is 5.60. The second kappa shape index (κ2) is 9.05. The fourth-order valence-electron chi connectivity index (χ4n) is 2.71. The standard InChI is InChI=1S/C19H24N2O3/c1-21(17(12-13-22)15-8-4-3-5-9-15)14-19(23)20-16-10-6-7-11-18(16)24-2/h3-11,17,22H,12-14H2,1-2H3,(H,20,23). The first kappa shape index (κ1) is 18.0. The molecule has 2 rings (SSSR count). The normalized spacial score (nSPS) is 12.0. The zero-order chi connectivity index (χ0) is 17.4. The van der Waals surface area contributed by atoms with Crippen LogP contribution in [-0.2, 0) is 4.79 Å². The first-order chi connectivity index (χ1) is 11.7. The van der Waals surface area contributed by atoms with Crippen LogP contribution in [0.3, 0.4) is 0 Å². The van der Waals surface area contributed by atoms with Gasteiger partial charge >= 0.3 is 0 Å². The number of methoxy groups -OCH3 is 1. The lowest BCUT2D eigenvalue weighted by Crippen LogP contribution is -2.33. The molecule has 0 saturated carbocycles. The van der Waals surface area contributed by atoms with Crippen LogP contribution in [0.25, 0.3) is 0 Å². The molecule has 0 aliphatic carbocycles. The maximum absolute atomic E-state index is 12.4. The number of hydrogen-bond donors (Lipinski definition) is 2. The molecule has 0 radical (unpaired) electrons. The number of carbonyl (C=O) groups excluding carboxylic acids is 1. The maximum Gasteiger partial charge on any atom is 0.238 e. The number of likely N-dealkylation sites (N-methyl/N-ethyl adjacent to an activating group) is 1. The van der Waals surface area contributed by atoms with Crippen LogP contribution in [-0.4, -0.2) is 43.2 Å². The summed E-state index contributed by atoms with van der Waals surface area (Å²) >= 11 is 0. The Bertz CT molecular complexity index is 646. The number of amides is 1. The van der Waals surface area contributed by atoms with Crippen molar-refractivity contribution < 1.29 is 14.6 Å². The quantitative estimate of drug-likeness (QED) is 0.782. The molecule has 24 heavy (non-hydrogen) atoms. The van der Waals surface area contributed by atoms with Crippen molar-refractivity contribution in [2.24, 2.45) is 0 Å². The number of carbonyl (C=O) groups is 1. The van der Waals surface area contributed by atoms with Crippen molar-refractivity contribution in [2.75, 3.05) is 32.6 Å². The molecule has 2 N–H and O–H groups in total. The number of nitrogens with zero attached hydrogens (tertiary/aromatic N) is 1. The van der Waals surface area contributed by atoms with Gasteiger partial charge in [0.05, 0.1) is 19.3 Å². The molecule has 1 atom stereocenters. The second-order valence-electron chi connectivity index (χ2n) is 5.60. The molecule has 0 bridgehead atoms. The summed E-state index contributed by atoms with van der Waals surface area (Å²) in [6.45, 7) is 0.287. The summed E-state index contributed by atoms with van der Waals surface area (Å²) in [5, 5.41) is 12.2. The average Bonchev–Trinajstić information content (AvgIpc) is 2.60. The fraction of sp³-hybridized carbons (Fsp3) is 0.316. The largest absolute Gasteiger partial charge is 0.495 e. The number of anilines is 1. The summed E-state index contributed by atoms with van der Waals surface area (Å²) in [5.41, 5.74) is 1.73. The van der Waals surface area contributed by atoms with E-state index in [-0.39, 0.29) is 25.1 Å². The SMILES string of the molecule is COc1ccccc1NC(=O)CN(C)C(CCO)c1ccccc1. The Balaban J connectivity index is 2.03. The number of para-hydroxylation sites is 2. The van der Waals surface area contributed by atoms with Crippen molar-refractivity contribution in [2.45, 2.75) is 12.5 Å². The lowest BCUT2D eigenvalue weighted by Gasteiger charge is -2.27. The molecule has 1 amide bonds. The Kier molecular flexibility index (Phi) is 6.78.